The van der Waals surface area contributed by atoms with Gasteiger partial charge in [-0.3, -0.25) is 14.5 Å². The Bertz CT molecular complexity index is 678. The zero-order chi connectivity index (χ0) is 13.4. The number of fused-ring (bicyclic) bond motifs is 3. The van der Waals surface area contributed by atoms with Gasteiger partial charge in [0.15, 0.2) is 0 Å². The SMILES string of the molecule is O=C1c2ccc3ccccc3c2C(=O)N1CCCO. The highest BCUT2D eigenvalue weighted by atomic mass is 16.3. The van der Waals surface area contributed by atoms with Gasteiger partial charge in [0.1, 0.15) is 0 Å². The molecule has 0 saturated carbocycles. The Kier molecular flexibility index (Phi) is 2.80. The number of carbonyl (C=O) groups is 2. The molecule has 3 rings (SSSR count). The van der Waals surface area contributed by atoms with Crippen LogP contribution < -0.4 is 0 Å². The van der Waals surface area contributed by atoms with Crippen molar-refractivity contribution in [3.63, 3.8) is 0 Å². The van der Waals surface area contributed by atoms with Crippen molar-refractivity contribution in [2.45, 2.75) is 6.42 Å². The van der Waals surface area contributed by atoms with E-state index in [0.717, 1.165) is 10.8 Å². The number of rotatable bonds is 3. The highest BCUT2D eigenvalue weighted by molar-refractivity contribution is 6.26. The second kappa shape index (κ2) is 4.48. The zero-order valence-corrected chi connectivity index (χ0v) is 10.3. The molecule has 2 aromatic rings. The summed E-state index contributed by atoms with van der Waals surface area (Å²) in [7, 11) is 0. The van der Waals surface area contributed by atoms with Crippen molar-refractivity contribution < 1.29 is 14.7 Å². The Hall–Kier alpha value is -2.20. The van der Waals surface area contributed by atoms with Crippen LogP contribution in [0.15, 0.2) is 36.4 Å². The van der Waals surface area contributed by atoms with Gasteiger partial charge in [0.05, 0.1) is 11.1 Å². The van der Waals surface area contributed by atoms with Crippen LogP contribution in [0.5, 0.6) is 0 Å². The highest BCUT2D eigenvalue weighted by Crippen LogP contribution is 2.30. The number of imide groups is 1. The van der Waals surface area contributed by atoms with E-state index >= 15 is 0 Å². The number of hydrogen-bond acceptors (Lipinski definition) is 3. The molecule has 4 nitrogen and oxygen atoms in total. The predicted octanol–water partition coefficient (Wildman–Crippen LogP) is 1.82. The Balaban J connectivity index is 2.14. The fourth-order valence-corrected chi connectivity index (χ4v) is 2.48. The number of aliphatic hydroxyl groups excluding tert-OH is 1. The fourth-order valence-electron chi connectivity index (χ4n) is 2.48. The lowest BCUT2D eigenvalue weighted by Gasteiger charge is -2.12. The summed E-state index contributed by atoms with van der Waals surface area (Å²) in [5.74, 6) is -0.524. The molecule has 96 valence electrons. The van der Waals surface area contributed by atoms with Crippen LogP contribution in [0.2, 0.25) is 0 Å². The van der Waals surface area contributed by atoms with E-state index in [1.807, 2.05) is 30.3 Å². The van der Waals surface area contributed by atoms with Crippen LogP contribution in [0.4, 0.5) is 0 Å². The Morgan fingerprint density at radius 1 is 1.00 bits per heavy atom. The van der Waals surface area contributed by atoms with Crippen molar-refractivity contribution in [3.05, 3.63) is 47.5 Å². The molecule has 0 atom stereocenters. The smallest absolute Gasteiger partial charge is 0.262 e. The van der Waals surface area contributed by atoms with E-state index in [2.05, 4.69) is 0 Å². The molecule has 0 saturated heterocycles. The first kappa shape index (κ1) is 11.9. The second-order valence-electron chi connectivity index (χ2n) is 4.55. The summed E-state index contributed by atoms with van der Waals surface area (Å²) in [4.78, 5) is 25.7. The number of carbonyl (C=O) groups excluding carboxylic acids is 2. The van der Waals surface area contributed by atoms with Crippen LogP contribution in [-0.4, -0.2) is 35.0 Å². The lowest BCUT2D eigenvalue weighted by molar-refractivity contribution is 0.0646. The molecular weight excluding hydrogens is 242 g/mol. The molecule has 0 fully saturated rings. The summed E-state index contributed by atoms with van der Waals surface area (Å²) in [6.45, 7) is 0.228. The molecule has 1 heterocycles. The Morgan fingerprint density at radius 2 is 1.79 bits per heavy atom. The van der Waals surface area contributed by atoms with Gasteiger partial charge in [-0.15, -0.1) is 0 Å². The molecule has 1 aliphatic rings. The molecule has 0 spiro atoms. The molecule has 0 unspecified atom stereocenters. The zero-order valence-electron chi connectivity index (χ0n) is 10.3. The fraction of sp³-hybridized carbons (Fsp3) is 0.200. The van der Waals surface area contributed by atoms with E-state index in [9.17, 15) is 9.59 Å². The van der Waals surface area contributed by atoms with E-state index in [0.29, 0.717) is 17.5 Å². The first-order valence-corrected chi connectivity index (χ1v) is 6.23. The quantitative estimate of drug-likeness (QED) is 0.851. The third-order valence-electron chi connectivity index (χ3n) is 3.40. The normalized spacial score (nSPS) is 14.3. The average Bonchev–Trinajstić information content (AvgIpc) is 2.69. The first-order valence-electron chi connectivity index (χ1n) is 6.23. The van der Waals surface area contributed by atoms with E-state index in [-0.39, 0.29) is 25.0 Å². The Morgan fingerprint density at radius 3 is 2.58 bits per heavy atom. The molecule has 1 aliphatic heterocycles. The monoisotopic (exact) mass is 255 g/mol. The number of nitrogens with zero attached hydrogens (tertiary/aromatic N) is 1. The molecule has 19 heavy (non-hydrogen) atoms. The van der Waals surface area contributed by atoms with Crippen molar-refractivity contribution in [2.24, 2.45) is 0 Å². The lowest BCUT2D eigenvalue weighted by atomic mass is 10.0. The maximum Gasteiger partial charge on any atom is 0.262 e. The van der Waals surface area contributed by atoms with Crippen molar-refractivity contribution in [1.29, 1.82) is 0 Å². The summed E-state index contributed by atoms with van der Waals surface area (Å²) in [5, 5.41) is 10.6. The minimum atomic E-state index is -0.265. The van der Waals surface area contributed by atoms with E-state index < -0.39 is 0 Å². The second-order valence-corrected chi connectivity index (χ2v) is 4.55. The minimum absolute atomic E-state index is 0.0336. The predicted molar refractivity (Wildman–Crippen MR) is 71.0 cm³/mol. The third kappa shape index (κ3) is 1.72. The topological polar surface area (TPSA) is 57.6 Å². The van der Waals surface area contributed by atoms with Crippen molar-refractivity contribution in [3.8, 4) is 0 Å². The number of hydrogen-bond donors (Lipinski definition) is 1. The summed E-state index contributed by atoms with van der Waals surface area (Å²) in [6, 6.07) is 11.1. The lowest BCUT2D eigenvalue weighted by Crippen LogP contribution is -2.31. The summed E-state index contributed by atoms with van der Waals surface area (Å²) in [5.41, 5.74) is 0.947. The molecule has 0 radical (unpaired) electrons. The van der Waals surface area contributed by atoms with Gasteiger partial charge in [0.2, 0.25) is 0 Å². The maximum atomic E-state index is 12.4. The third-order valence-corrected chi connectivity index (χ3v) is 3.40. The minimum Gasteiger partial charge on any atom is -0.396 e. The van der Waals surface area contributed by atoms with Crippen LogP contribution >= 0.6 is 0 Å². The van der Waals surface area contributed by atoms with Crippen molar-refractivity contribution in [2.75, 3.05) is 13.2 Å². The molecule has 0 aromatic heterocycles. The summed E-state index contributed by atoms with van der Waals surface area (Å²) >= 11 is 0. The molecule has 0 aliphatic carbocycles. The van der Waals surface area contributed by atoms with Gasteiger partial charge in [-0.2, -0.15) is 0 Å². The van der Waals surface area contributed by atoms with Gasteiger partial charge in [0.25, 0.3) is 11.8 Å². The van der Waals surface area contributed by atoms with Crippen LogP contribution in [0.3, 0.4) is 0 Å². The van der Waals surface area contributed by atoms with Crippen LogP contribution in [0, 0.1) is 0 Å². The summed E-state index contributed by atoms with van der Waals surface area (Å²) < 4.78 is 0. The van der Waals surface area contributed by atoms with Gasteiger partial charge in [-0.1, -0.05) is 30.3 Å². The largest absolute Gasteiger partial charge is 0.396 e. The van der Waals surface area contributed by atoms with Crippen LogP contribution in [0.1, 0.15) is 27.1 Å². The van der Waals surface area contributed by atoms with Gasteiger partial charge >= 0.3 is 0 Å². The molecule has 1 N–H and O–H groups in total. The van der Waals surface area contributed by atoms with Gasteiger partial charge in [0, 0.05) is 13.2 Å². The van der Waals surface area contributed by atoms with Crippen molar-refractivity contribution >= 4 is 22.6 Å². The first-order chi connectivity index (χ1) is 9.24. The van der Waals surface area contributed by atoms with Crippen LogP contribution in [0.25, 0.3) is 10.8 Å². The average molecular weight is 255 g/mol. The van der Waals surface area contributed by atoms with Gasteiger partial charge < -0.3 is 5.11 Å². The van der Waals surface area contributed by atoms with Crippen molar-refractivity contribution in [1.82, 2.24) is 4.90 Å². The number of aliphatic hydroxyl groups is 1. The molecular formula is C15H13NO3. The Labute approximate surface area is 110 Å². The molecule has 2 aromatic carbocycles. The summed E-state index contributed by atoms with van der Waals surface area (Å²) in [6.07, 6.45) is 0.406. The van der Waals surface area contributed by atoms with Gasteiger partial charge in [-0.25, -0.2) is 0 Å². The number of benzene rings is 2. The van der Waals surface area contributed by atoms with Crippen LogP contribution in [-0.2, 0) is 0 Å². The molecule has 0 bridgehead atoms. The highest BCUT2D eigenvalue weighted by Gasteiger charge is 2.36. The van der Waals surface area contributed by atoms with E-state index in [1.54, 1.807) is 6.07 Å². The molecule has 4 heteroatoms. The van der Waals surface area contributed by atoms with Gasteiger partial charge in [-0.05, 0) is 23.3 Å². The van der Waals surface area contributed by atoms with E-state index in [1.165, 1.54) is 4.90 Å². The maximum absolute atomic E-state index is 12.4. The number of amides is 2. The van der Waals surface area contributed by atoms with E-state index in [4.69, 9.17) is 5.11 Å². The standard InChI is InChI=1S/C15H13NO3/c17-9-3-8-16-14(18)12-7-6-10-4-1-2-5-11(10)13(12)15(16)19/h1-2,4-7,17H,3,8-9H2. The molecule has 2 amide bonds.